The highest BCUT2D eigenvalue weighted by Gasteiger charge is 2.36. The fourth-order valence-corrected chi connectivity index (χ4v) is 4.34. The maximum atomic E-state index is 12.2. The minimum Gasteiger partial charge on any atom is -0.481 e. The molecule has 0 aromatic carbocycles. The van der Waals surface area contributed by atoms with Crippen LogP contribution in [0.4, 0.5) is 0 Å². The zero-order valence-electron chi connectivity index (χ0n) is 19.4. The monoisotopic (exact) mass is 422 g/mol. The highest BCUT2D eigenvalue weighted by atomic mass is 16.5. The molecule has 1 saturated carbocycles. The van der Waals surface area contributed by atoms with Gasteiger partial charge in [0.1, 0.15) is 0 Å². The Kier molecular flexibility index (Phi) is 16.4. The van der Waals surface area contributed by atoms with Gasteiger partial charge in [-0.3, -0.25) is 9.59 Å². The van der Waals surface area contributed by atoms with E-state index >= 15 is 0 Å². The summed E-state index contributed by atoms with van der Waals surface area (Å²) < 4.78 is 5.37. The second kappa shape index (κ2) is 18.4. The number of hydrogen-bond donors (Lipinski definition) is 1. The summed E-state index contributed by atoms with van der Waals surface area (Å²) >= 11 is 0. The highest BCUT2D eigenvalue weighted by Crippen LogP contribution is 2.31. The lowest BCUT2D eigenvalue weighted by Gasteiger charge is -2.26. The Morgan fingerprint density at radius 2 is 1.27 bits per heavy atom. The predicted molar refractivity (Wildman–Crippen MR) is 123 cm³/mol. The Morgan fingerprint density at radius 1 is 0.767 bits per heavy atom. The second-order valence-electron chi connectivity index (χ2n) is 8.94. The number of carboxylic acids is 1. The van der Waals surface area contributed by atoms with Crippen molar-refractivity contribution in [2.75, 3.05) is 6.61 Å². The van der Waals surface area contributed by atoms with Crippen LogP contribution in [0.3, 0.4) is 0 Å². The average Bonchev–Trinajstić information content (AvgIpc) is 2.75. The number of carboxylic acid groups (broad SMARTS) is 1. The first-order valence-corrected chi connectivity index (χ1v) is 12.7. The van der Waals surface area contributed by atoms with E-state index in [0.717, 1.165) is 25.7 Å². The quantitative estimate of drug-likeness (QED) is 0.141. The summed E-state index contributed by atoms with van der Waals surface area (Å²) in [5.41, 5.74) is 0. The minimum atomic E-state index is -0.852. The Balaban J connectivity index is 1.88. The average molecular weight is 423 g/mol. The van der Waals surface area contributed by atoms with E-state index in [9.17, 15) is 14.7 Å². The van der Waals surface area contributed by atoms with Crippen molar-refractivity contribution in [1.82, 2.24) is 0 Å². The third kappa shape index (κ3) is 13.1. The Bertz CT molecular complexity index is 472. The van der Waals surface area contributed by atoms with Crippen LogP contribution in [0, 0.1) is 11.8 Å². The zero-order valence-corrected chi connectivity index (χ0v) is 19.4. The third-order valence-corrected chi connectivity index (χ3v) is 6.29. The highest BCUT2D eigenvalue weighted by molar-refractivity contribution is 5.81. The van der Waals surface area contributed by atoms with Gasteiger partial charge >= 0.3 is 11.9 Å². The van der Waals surface area contributed by atoms with Gasteiger partial charge in [0.2, 0.25) is 0 Å². The molecular formula is C26H46O4. The van der Waals surface area contributed by atoms with Crippen LogP contribution in [0.15, 0.2) is 12.2 Å². The lowest BCUT2D eigenvalue weighted by atomic mass is 9.79. The van der Waals surface area contributed by atoms with Gasteiger partial charge in [0.25, 0.3) is 0 Å². The van der Waals surface area contributed by atoms with Crippen molar-refractivity contribution in [3.63, 3.8) is 0 Å². The van der Waals surface area contributed by atoms with E-state index in [-0.39, 0.29) is 5.97 Å². The first kappa shape index (κ1) is 26.7. The number of unbranched alkanes of at least 4 members (excludes halogenated alkanes) is 12. The number of aliphatic carboxylic acids is 1. The first-order chi connectivity index (χ1) is 14.7. The molecule has 0 aromatic rings. The molecule has 1 rings (SSSR count). The largest absolute Gasteiger partial charge is 0.481 e. The molecular weight excluding hydrogens is 376 g/mol. The summed E-state index contributed by atoms with van der Waals surface area (Å²) in [4.78, 5) is 23.5. The SMILES string of the molecule is CCCCCCC/C=C/CCCCCCCCCOC(=O)C1CCCCC1C(=O)O. The van der Waals surface area contributed by atoms with Gasteiger partial charge in [-0.25, -0.2) is 0 Å². The summed E-state index contributed by atoms with van der Waals surface area (Å²) in [6.45, 7) is 2.69. The molecule has 1 aliphatic rings. The summed E-state index contributed by atoms with van der Waals surface area (Å²) in [5, 5.41) is 9.27. The van der Waals surface area contributed by atoms with Gasteiger partial charge in [-0.05, 0) is 44.9 Å². The van der Waals surface area contributed by atoms with Gasteiger partial charge in [0, 0.05) is 0 Å². The Hall–Kier alpha value is -1.32. The normalized spacial score (nSPS) is 19.2. The molecule has 2 atom stereocenters. The van der Waals surface area contributed by atoms with Crippen LogP contribution in [0.1, 0.15) is 122 Å². The van der Waals surface area contributed by atoms with E-state index in [1.807, 2.05) is 0 Å². The van der Waals surface area contributed by atoms with Crippen molar-refractivity contribution in [3.05, 3.63) is 12.2 Å². The lowest BCUT2D eigenvalue weighted by molar-refractivity contribution is -0.159. The van der Waals surface area contributed by atoms with Crippen LogP contribution in [-0.4, -0.2) is 23.7 Å². The lowest BCUT2D eigenvalue weighted by Crippen LogP contribution is -2.33. The molecule has 0 bridgehead atoms. The van der Waals surface area contributed by atoms with E-state index in [1.54, 1.807) is 0 Å². The van der Waals surface area contributed by atoms with Gasteiger partial charge in [0.15, 0.2) is 0 Å². The van der Waals surface area contributed by atoms with Crippen molar-refractivity contribution >= 4 is 11.9 Å². The third-order valence-electron chi connectivity index (χ3n) is 6.29. The molecule has 2 unspecified atom stereocenters. The van der Waals surface area contributed by atoms with E-state index in [2.05, 4.69) is 19.1 Å². The van der Waals surface area contributed by atoms with Gasteiger partial charge in [-0.15, -0.1) is 0 Å². The smallest absolute Gasteiger partial charge is 0.309 e. The number of rotatable bonds is 18. The van der Waals surface area contributed by atoms with Gasteiger partial charge in [-0.2, -0.15) is 0 Å². The molecule has 4 nitrogen and oxygen atoms in total. The summed E-state index contributed by atoms with van der Waals surface area (Å²) in [6, 6.07) is 0. The maximum absolute atomic E-state index is 12.2. The van der Waals surface area contributed by atoms with Gasteiger partial charge in [0.05, 0.1) is 18.4 Å². The summed E-state index contributed by atoms with van der Waals surface area (Å²) in [7, 11) is 0. The molecule has 4 heteroatoms. The number of hydrogen-bond acceptors (Lipinski definition) is 3. The Labute approximate surface area is 184 Å². The molecule has 174 valence electrons. The van der Waals surface area contributed by atoms with Crippen molar-refractivity contribution in [1.29, 1.82) is 0 Å². The maximum Gasteiger partial charge on any atom is 0.309 e. The second-order valence-corrected chi connectivity index (χ2v) is 8.94. The van der Waals surface area contributed by atoms with Crippen molar-refractivity contribution in [2.24, 2.45) is 11.8 Å². The fourth-order valence-electron chi connectivity index (χ4n) is 4.34. The summed E-state index contributed by atoms with van der Waals surface area (Å²) in [5.74, 6) is -2.14. The Morgan fingerprint density at radius 3 is 1.83 bits per heavy atom. The van der Waals surface area contributed by atoms with Gasteiger partial charge < -0.3 is 9.84 Å². The van der Waals surface area contributed by atoms with E-state index in [1.165, 1.54) is 77.0 Å². The molecule has 0 saturated heterocycles. The first-order valence-electron chi connectivity index (χ1n) is 12.7. The van der Waals surface area contributed by atoms with Crippen LogP contribution in [0.5, 0.6) is 0 Å². The number of ether oxygens (including phenoxy) is 1. The molecule has 0 radical (unpaired) electrons. The van der Waals surface area contributed by atoms with Gasteiger partial charge in [-0.1, -0.05) is 89.7 Å². The molecule has 0 heterocycles. The predicted octanol–water partition coefficient (Wildman–Crippen LogP) is 7.46. The van der Waals surface area contributed by atoms with Crippen LogP contribution in [0.25, 0.3) is 0 Å². The number of allylic oxidation sites excluding steroid dienone is 2. The van der Waals surface area contributed by atoms with E-state index in [4.69, 9.17) is 4.74 Å². The number of carbonyl (C=O) groups is 2. The fraction of sp³-hybridized carbons (Fsp3) is 0.846. The van der Waals surface area contributed by atoms with E-state index in [0.29, 0.717) is 19.4 Å². The van der Waals surface area contributed by atoms with Crippen molar-refractivity contribution < 1.29 is 19.4 Å². The van der Waals surface area contributed by atoms with Crippen molar-refractivity contribution in [2.45, 2.75) is 122 Å². The van der Waals surface area contributed by atoms with Crippen LogP contribution in [-0.2, 0) is 14.3 Å². The summed E-state index contributed by atoms with van der Waals surface area (Å²) in [6.07, 6.45) is 25.3. The number of esters is 1. The standard InChI is InChI=1S/C26H46O4/c1-2-3-4-5-6-7-8-9-10-11-12-13-14-15-16-19-22-30-26(29)24-21-18-17-20-23(24)25(27)28/h8-9,23-24H,2-7,10-22H2,1H3,(H,27,28)/b9-8+. The van der Waals surface area contributed by atoms with Crippen LogP contribution < -0.4 is 0 Å². The van der Waals surface area contributed by atoms with Crippen molar-refractivity contribution in [3.8, 4) is 0 Å². The molecule has 0 aliphatic heterocycles. The zero-order chi connectivity index (χ0) is 21.9. The van der Waals surface area contributed by atoms with Crippen LogP contribution >= 0.6 is 0 Å². The molecule has 0 aromatic heterocycles. The molecule has 0 spiro atoms. The number of carbonyl (C=O) groups excluding carboxylic acids is 1. The molecule has 1 aliphatic carbocycles. The molecule has 1 N–H and O–H groups in total. The van der Waals surface area contributed by atoms with E-state index < -0.39 is 17.8 Å². The topological polar surface area (TPSA) is 63.6 Å². The minimum absolute atomic E-state index is 0.295. The molecule has 0 amide bonds. The molecule has 30 heavy (non-hydrogen) atoms. The molecule has 1 fully saturated rings. The van der Waals surface area contributed by atoms with Crippen LogP contribution in [0.2, 0.25) is 0 Å².